The molecule has 2 heterocycles. The average Bonchev–Trinajstić information content (AvgIpc) is 3.02. The summed E-state index contributed by atoms with van der Waals surface area (Å²) in [7, 11) is 1.62. The van der Waals surface area contributed by atoms with E-state index in [-0.39, 0.29) is 11.6 Å². The third kappa shape index (κ3) is 2.97. The van der Waals surface area contributed by atoms with Crippen molar-refractivity contribution < 1.29 is 9.53 Å². The Kier molecular flexibility index (Phi) is 4.36. The Morgan fingerprint density at radius 2 is 2.40 bits per heavy atom. The number of aromatic nitrogens is 4. The first-order valence-electron chi connectivity index (χ1n) is 6.31. The van der Waals surface area contributed by atoms with Crippen LogP contribution in [0, 0.1) is 0 Å². The molecule has 108 valence electrons. The van der Waals surface area contributed by atoms with Gasteiger partial charge in [-0.1, -0.05) is 6.92 Å². The fourth-order valence-electron chi connectivity index (χ4n) is 1.75. The minimum Gasteiger partial charge on any atom is -0.395 e. The predicted molar refractivity (Wildman–Crippen MR) is 74.4 cm³/mol. The number of carbonyl (C=O) groups is 1. The molecule has 0 aliphatic rings. The molecule has 0 spiro atoms. The molecule has 4 N–H and O–H groups in total. The Morgan fingerprint density at radius 1 is 1.60 bits per heavy atom. The zero-order valence-electron chi connectivity index (χ0n) is 11.5. The number of methoxy groups -OCH3 is 1. The summed E-state index contributed by atoms with van der Waals surface area (Å²) in [4.78, 5) is 12.1. The van der Waals surface area contributed by atoms with Crippen molar-refractivity contribution in [2.45, 2.75) is 19.9 Å². The molecule has 0 radical (unpaired) electrons. The van der Waals surface area contributed by atoms with Gasteiger partial charge in [-0.15, -0.1) is 0 Å². The van der Waals surface area contributed by atoms with E-state index < -0.39 is 0 Å². The van der Waals surface area contributed by atoms with Crippen molar-refractivity contribution in [3.05, 3.63) is 23.8 Å². The molecule has 2 rings (SSSR count). The molecule has 8 nitrogen and oxygen atoms in total. The van der Waals surface area contributed by atoms with E-state index in [0.29, 0.717) is 30.9 Å². The topological polar surface area (TPSA) is 111 Å². The zero-order valence-corrected chi connectivity index (χ0v) is 11.5. The molecule has 0 saturated carbocycles. The lowest BCUT2D eigenvalue weighted by molar-refractivity contribution is 0.102. The van der Waals surface area contributed by atoms with E-state index in [1.807, 2.05) is 6.92 Å². The molecule has 0 aromatic carbocycles. The standard InChI is InChI=1S/C12H18N6O2/c1-3-9-10(13)11(17-16-9)12(19)15-8-6-14-18(7-8)4-5-20-2/h6-7H,3-5,13H2,1-2H3,(H,15,19)(H,16,17). The molecule has 0 aliphatic carbocycles. The second kappa shape index (κ2) is 6.20. The molecule has 0 atom stereocenters. The van der Waals surface area contributed by atoms with E-state index in [9.17, 15) is 4.79 Å². The van der Waals surface area contributed by atoms with Crippen LogP contribution in [-0.2, 0) is 17.7 Å². The van der Waals surface area contributed by atoms with Gasteiger partial charge in [0, 0.05) is 13.3 Å². The second-order valence-electron chi connectivity index (χ2n) is 4.26. The number of hydrogen-bond donors (Lipinski definition) is 3. The van der Waals surface area contributed by atoms with Crippen LogP contribution in [0.1, 0.15) is 23.1 Å². The van der Waals surface area contributed by atoms with Crippen molar-refractivity contribution >= 4 is 17.3 Å². The van der Waals surface area contributed by atoms with Gasteiger partial charge in [-0.25, -0.2) is 0 Å². The highest BCUT2D eigenvalue weighted by molar-refractivity contribution is 6.06. The number of carbonyl (C=O) groups excluding carboxylic acids is 1. The first-order valence-corrected chi connectivity index (χ1v) is 6.31. The molecule has 20 heavy (non-hydrogen) atoms. The second-order valence-corrected chi connectivity index (χ2v) is 4.26. The minimum absolute atomic E-state index is 0.200. The Labute approximate surface area is 116 Å². The van der Waals surface area contributed by atoms with Crippen LogP contribution in [0.5, 0.6) is 0 Å². The van der Waals surface area contributed by atoms with Gasteiger partial charge in [-0.05, 0) is 6.42 Å². The van der Waals surface area contributed by atoms with Gasteiger partial charge in [0.15, 0.2) is 5.69 Å². The Balaban J connectivity index is 2.03. The van der Waals surface area contributed by atoms with E-state index in [2.05, 4.69) is 20.6 Å². The van der Waals surface area contributed by atoms with Crippen LogP contribution in [-0.4, -0.2) is 39.6 Å². The van der Waals surface area contributed by atoms with Gasteiger partial charge in [0.25, 0.3) is 5.91 Å². The average molecular weight is 278 g/mol. The van der Waals surface area contributed by atoms with Crippen molar-refractivity contribution in [2.24, 2.45) is 0 Å². The number of nitrogen functional groups attached to an aromatic ring is 1. The van der Waals surface area contributed by atoms with Crippen molar-refractivity contribution in [1.29, 1.82) is 0 Å². The molecule has 8 heteroatoms. The lowest BCUT2D eigenvalue weighted by atomic mass is 10.2. The largest absolute Gasteiger partial charge is 0.395 e. The smallest absolute Gasteiger partial charge is 0.278 e. The number of nitrogens with zero attached hydrogens (tertiary/aromatic N) is 3. The third-order valence-electron chi connectivity index (χ3n) is 2.87. The number of nitrogens with two attached hydrogens (primary N) is 1. The first-order chi connectivity index (χ1) is 9.65. The maximum absolute atomic E-state index is 12.1. The van der Waals surface area contributed by atoms with Crippen LogP contribution < -0.4 is 11.1 Å². The first kappa shape index (κ1) is 14.1. The summed E-state index contributed by atoms with van der Waals surface area (Å²) in [5.74, 6) is -0.357. The summed E-state index contributed by atoms with van der Waals surface area (Å²) < 4.78 is 6.64. The fourth-order valence-corrected chi connectivity index (χ4v) is 1.75. The number of ether oxygens (including phenoxy) is 1. The van der Waals surface area contributed by atoms with Gasteiger partial charge in [-0.3, -0.25) is 14.6 Å². The van der Waals surface area contributed by atoms with Crippen LogP contribution in [0.4, 0.5) is 11.4 Å². The van der Waals surface area contributed by atoms with Crippen LogP contribution in [0.3, 0.4) is 0 Å². The van der Waals surface area contributed by atoms with Crippen molar-refractivity contribution in [1.82, 2.24) is 20.0 Å². The van der Waals surface area contributed by atoms with Crippen molar-refractivity contribution in [3.63, 3.8) is 0 Å². The number of hydrogen-bond acceptors (Lipinski definition) is 5. The van der Waals surface area contributed by atoms with Crippen LogP contribution >= 0.6 is 0 Å². The van der Waals surface area contributed by atoms with Gasteiger partial charge in [0.1, 0.15) is 0 Å². The van der Waals surface area contributed by atoms with E-state index in [1.165, 1.54) is 0 Å². The number of amides is 1. The van der Waals surface area contributed by atoms with E-state index >= 15 is 0 Å². The number of nitrogens with one attached hydrogen (secondary N) is 2. The molecular formula is C12H18N6O2. The summed E-state index contributed by atoms with van der Waals surface area (Å²) >= 11 is 0. The van der Waals surface area contributed by atoms with Crippen LogP contribution in [0.25, 0.3) is 0 Å². The molecule has 1 amide bonds. The molecule has 0 fully saturated rings. The van der Waals surface area contributed by atoms with Gasteiger partial charge in [0.2, 0.25) is 0 Å². The van der Waals surface area contributed by atoms with Gasteiger partial charge in [-0.2, -0.15) is 10.2 Å². The van der Waals surface area contributed by atoms with E-state index in [0.717, 1.165) is 5.69 Å². The minimum atomic E-state index is -0.357. The molecule has 0 aliphatic heterocycles. The summed E-state index contributed by atoms with van der Waals surface area (Å²) in [6, 6.07) is 0. The number of aryl methyl sites for hydroxylation is 1. The molecular weight excluding hydrogens is 260 g/mol. The third-order valence-corrected chi connectivity index (χ3v) is 2.87. The number of aromatic amines is 1. The molecule has 0 unspecified atom stereocenters. The zero-order chi connectivity index (χ0) is 14.5. The highest BCUT2D eigenvalue weighted by Crippen LogP contribution is 2.16. The molecule has 2 aromatic heterocycles. The van der Waals surface area contributed by atoms with Gasteiger partial charge in [0.05, 0.1) is 36.4 Å². The summed E-state index contributed by atoms with van der Waals surface area (Å²) in [5, 5.41) is 13.5. The summed E-state index contributed by atoms with van der Waals surface area (Å²) in [6.07, 6.45) is 3.98. The maximum Gasteiger partial charge on any atom is 0.278 e. The summed E-state index contributed by atoms with van der Waals surface area (Å²) in [5.41, 5.74) is 7.78. The Bertz CT molecular complexity index is 589. The normalized spacial score (nSPS) is 10.7. The fraction of sp³-hybridized carbons (Fsp3) is 0.417. The predicted octanol–water partition coefficient (Wildman–Crippen LogP) is 0.649. The van der Waals surface area contributed by atoms with Gasteiger partial charge >= 0.3 is 0 Å². The highest BCUT2D eigenvalue weighted by atomic mass is 16.5. The quantitative estimate of drug-likeness (QED) is 0.718. The highest BCUT2D eigenvalue weighted by Gasteiger charge is 2.17. The maximum atomic E-state index is 12.1. The monoisotopic (exact) mass is 278 g/mol. The lowest BCUT2D eigenvalue weighted by Gasteiger charge is -2.01. The van der Waals surface area contributed by atoms with E-state index in [1.54, 1.807) is 24.2 Å². The van der Waals surface area contributed by atoms with Crippen molar-refractivity contribution in [3.8, 4) is 0 Å². The number of rotatable bonds is 6. The number of anilines is 2. The van der Waals surface area contributed by atoms with Crippen LogP contribution in [0.2, 0.25) is 0 Å². The Morgan fingerprint density at radius 3 is 3.05 bits per heavy atom. The molecule has 0 bridgehead atoms. The molecule has 2 aromatic rings. The lowest BCUT2D eigenvalue weighted by Crippen LogP contribution is -2.14. The molecule has 0 saturated heterocycles. The van der Waals surface area contributed by atoms with Crippen LogP contribution in [0.15, 0.2) is 12.4 Å². The van der Waals surface area contributed by atoms with E-state index in [4.69, 9.17) is 10.5 Å². The number of H-pyrrole nitrogens is 1. The van der Waals surface area contributed by atoms with Crippen molar-refractivity contribution in [2.75, 3.05) is 24.8 Å². The Hall–Kier alpha value is -2.35. The van der Waals surface area contributed by atoms with Gasteiger partial charge < -0.3 is 15.8 Å². The SMILES string of the molecule is CCc1[nH]nc(C(=O)Nc2cnn(CCOC)c2)c1N. The summed E-state index contributed by atoms with van der Waals surface area (Å²) in [6.45, 7) is 3.11.